The molecule has 43 heavy (non-hydrogen) atoms. The number of aliphatic hydroxyl groups is 1. The molecule has 0 bridgehead atoms. The van der Waals surface area contributed by atoms with E-state index in [9.17, 15) is 29.4 Å². The van der Waals surface area contributed by atoms with Gasteiger partial charge in [-0.3, -0.25) is 19.2 Å². The number of nitrogens with zero attached hydrogens (tertiary/aromatic N) is 2. The largest absolute Gasteiger partial charge is 0.505 e. The third kappa shape index (κ3) is 7.55. The third-order valence-corrected chi connectivity index (χ3v) is 7.77. The standard InChI is InChI=1S/C32H37N5O6/c1-19-28(39)23(17-21-11-6-4-7-12-21)35-30(41)26(36-31(42)27-25(38)15-10-16-33-27)20(2)34-29(40)24(37(3)32(19)43)18-22-13-8-5-9-14-22/h4-16,19-20,23-24,26,28,38-39H,17-18H2,1-3H3,(H,34,40)(H,35,41)(H,36,42)/t19-,20-,23+,24?,26+,28+/m1/s1. The minimum Gasteiger partial charge on any atom is -0.505 e. The number of nitrogens with one attached hydrogen (secondary N) is 3. The average Bonchev–Trinajstić information content (AvgIpc) is 3.01. The van der Waals surface area contributed by atoms with Crippen molar-refractivity contribution in [1.29, 1.82) is 0 Å². The Morgan fingerprint density at radius 3 is 2.09 bits per heavy atom. The Hall–Kier alpha value is -4.77. The Labute approximate surface area is 250 Å². The van der Waals surface area contributed by atoms with Crippen LogP contribution in [0.4, 0.5) is 0 Å². The molecule has 1 aromatic heterocycles. The number of benzene rings is 2. The number of aromatic nitrogens is 1. The maximum Gasteiger partial charge on any atom is 0.274 e. The summed E-state index contributed by atoms with van der Waals surface area (Å²) < 4.78 is 0. The van der Waals surface area contributed by atoms with Crippen molar-refractivity contribution < 1.29 is 29.4 Å². The number of likely N-dealkylation sites (N-methyl/N-ethyl adjacent to an activating group) is 1. The molecule has 0 saturated carbocycles. The highest BCUT2D eigenvalue weighted by molar-refractivity contribution is 5.98. The molecule has 1 aliphatic heterocycles. The van der Waals surface area contributed by atoms with Gasteiger partial charge < -0.3 is 31.1 Å². The zero-order valence-corrected chi connectivity index (χ0v) is 24.3. The summed E-state index contributed by atoms with van der Waals surface area (Å²) in [6.45, 7) is 3.11. The summed E-state index contributed by atoms with van der Waals surface area (Å²) in [7, 11) is 1.52. The third-order valence-electron chi connectivity index (χ3n) is 7.77. The predicted octanol–water partition coefficient (Wildman–Crippen LogP) is 1.20. The Kier molecular flexibility index (Phi) is 10.1. The molecule has 11 nitrogen and oxygen atoms in total. The molecular formula is C32H37N5O6. The highest BCUT2D eigenvalue weighted by Crippen LogP contribution is 2.20. The van der Waals surface area contributed by atoms with Crippen molar-refractivity contribution in [3.05, 3.63) is 95.8 Å². The van der Waals surface area contributed by atoms with Gasteiger partial charge in [-0.15, -0.1) is 0 Å². The lowest BCUT2D eigenvalue weighted by molar-refractivity contribution is -0.146. The second-order valence-corrected chi connectivity index (χ2v) is 10.9. The summed E-state index contributed by atoms with van der Waals surface area (Å²) >= 11 is 0. The van der Waals surface area contributed by atoms with Crippen LogP contribution in [-0.2, 0) is 27.2 Å². The SMILES string of the molecule is C[C@H]1NC(=O)C(Cc2ccccc2)N(C)C(=O)[C@H](C)[C@H](O)[C@H](Cc2ccccc2)NC(=O)[C@H]1NC(=O)c1ncccc1O. The van der Waals surface area contributed by atoms with Crippen LogP contribution < -0.4 is 16.0 Å². The summed E-state index contributed by atoms with van der Waals surface area (Å²) in [4.78, 5) is 59.5. The Morgan fingerprint density at radius 2 is 1.49 bits per heavy atom. The molecule has 1 saturated heterocycles. The molecule has 6 atom stereocenters. The van der Waals surface area contributed by atoms with E-state index in [-0.39, 0.29) is 24.3 Å². The second kappa shape index (κ2) is 13.9. The first kappa shape index (κ1) is 31.2. The number of carbonyl (C=O) groups is 4. The molecule has 0 radical (unpaired) electrons. The minimum atomic E-state index is -1.33. The van der Waals surface area contributed by atoms with Crippen LogP contribution in [0.1, 0.15) is 35.5 Å². The molecule has 4 rings (SSSR count). The monoisotopic (exact) mass is 587 g/mol. The van der Waals surface area contributed by atoms with E-state index < -0.39 is 59.8 Å². The van der Waals surface area contributed by atoms with E-state index in [1.165, 1.54) is 30.3 Å². The molecule has 2 heterocycles. The van der Waals surface area contributed by atoms with E-state index in [0.29, 0.717) is 0 Å². The molecule has 4 amide bonds. The van der Waals surface area contributed by atoms with Crippen molar-refractivity contribution in [2.24, 2.45) is 5.92 Å². The number of hydrogen-bond donors (Lipinski definition) is 5. The highest BCUT2D eigenvalue weighted by Gasteiger charge is 2.40. The lowest BCUT2D eigenvalue weighted by Gasteiger charge is -2.37. The summed E-state index contributed by atoms with van der Waals surface area (Å²) in [6, 6.07) is 17.0. The van der Waals surface area contributed by atoms with E-state index >= 15 is 0 Å². The topological polar surface area (TPSA) is 161 Å². The van der Waals surface area contributed by atoms with Crippen molar-refractivity contribution in [3.63, 3.8) is 0 Å². The van der Waals surface area contributed by atoms with Gasteiger partial charge in [0.05, 0.1) is 24.1 Å². The fourth-order valence-electron chi connectivity index (χ4n) is 5.21. The molecule has 0 spiro atoms. The van der Waals surface area contributed by atoms with Crippen LogP contribution in [0.15, 0.2) is 79.0 Å². The highest BCUT2D eigenvalue weighted by atomic mass is 16.3. The van der Waals surface area contributed by atoms with Gasteiger partial charge in [-0.2, -0.15) is 0 Å². The number of aromatic hydroxyl groups is 1. The molecule has 0 aliphatic carbocycles. The van der Waals surface area contributed by atoms with E-state index in [2.05, 4.69) is 20.9 Å². The summed E-state index contributed by atoms with van der Waals surface area (Å²) in [6.07, 6.45) is 0.383. The summed E-state index contributed by atoms with van der Waals surface area (Å²) in [5.41, 5.74) is 1.33. The maximum atomic E-state index is 13.8. The van der Waals surface area contributed by atoms with Gasteiger partial charge in [0.25, 0.3) is 5.91 Å². The van der Waals surface area contributed by atoms with Gasteiger partial charge in [0.15, 0.2) is 5.69 Å². The molecule has 11 heteroatoms. The second-order valence-electron chi connectivity index (χ2n) is 10.9. The number of rotatable bonds is 6. The molecule has 1 aliphatic rings. The molecule has 226 valence electrons. The number of carbonyl (C=O) groups excluding carboxylic acids is 4. The van der Waals surface area contributed by atoms with Crippen LogP contribution in [0.5, 0.6) is 5.75 Å². The Bertz CT molecular complexity index is 1440. The Morgan fingerprint density at radius 1 is 0.884 bits per heavy atom. The van der Waals surface area contributed by atoms with Crippen LogP contribution >= 0.6 is 0 Å². The Balaban J connectivity index is 1.72. The first-order valence-corrected chi connectivity index (χ1v) is 14.1. The van der Waals surface area contributed by atoms with Crippen molar-refractivity contribution >= 4 is 23.6 Å². The van der Waals surface area contributed by atoms with Crippen molar-refractivity contribution in [2.45, 2.75) is 57.0 Å². The van der Waals surface area contributed by atoms with Crippen molar-refractivity contribution in [3.8, 4) is 5.75 Å². The number of hydrogen-bond acceptors (Lipinski definition) is 7. The lowest BCUT2D eigenvalue weighted by atomic mass is 9.90. The normalized spacial score (nSPS) is 25.1. The fourth-order valence-corrected chi connectivity index (χ4v) is 5.21. The molecular weight excluding hydrogens is 550 g/mol. The molecule has 5 N–H and O–H groups in total. The number of aliphatic hydroxyl groups excluding tert-OH is 1. The van der Waals surface area contributed by atoms with E-state index in [0.717, 1.165) is 11.1 Å². The van der Waals surface area contributed by atoms with Crippen molar-refractivity contribution in [1.82, 2.24) is 25.8 Å². The quantitative estimate of drug-likeness (QED) is 0.290. The van der Waals surface area contributed by atoms with Crippen LogP contribution in [0.3, 0.4) is 0 Å². The molecule has 3 aromatic rings. The molecule has 1 unspecified atom stereocenters. The number of pyridine rings is 1. The molecule has 2 aromatic carbocycles. The lowest BCUT2D eigenvalue weighted by Crippen LogP contribution is -2.64. The minimum absolute atomic E-state index is 0.183. The smallest absolute Gasteiger partial charge is 0.274 e. The van der Waals surface area contributed by atoms with Gasteiger partial charge in [0.1, 0.15) is 17.8 Å². The van der Waals surface area contributed by atoms with Gasteiger partial charge in [-0.05, 0) is 36.6 Å². The van der Waals surface area contributed by atoms with Gasteiger partial charge >= 0.3 is 0 Å². The van der Waals surface area contributed by atoms with Gasteiger partial charge in [-0.1, -0.05) is 67.6 Å². The average molecular weight is 588 g/mol. The maximum absolute atomic E-state index is 13.8. The molecule has 1 fully saturated rings. The van der Waals surface area contributed by atoms with E-state index in [4.69, 9.17) is 0 Å². The summed E-state index contributed by atoms with van der Waals surface area (Å²) in [5, 5.41) is 29.9. The van der Waals surface area contributed by atoms with E-state index in [1.54, 1.807) is 13.8 Å². The zero-order valence-electron chi connectivity index (χ0n) is 24.3. The zero-order chi connectivity index (χ0) is 31.1. The van der Waals surface area contributed by atoms with Crippen LogP contribution in [0.25, 0.3) is 0 Å². The first-order valence-electron chi connectivity index (χ1n) is 14.1. The van der Waals surface area contributed by atoms with Crippen molar-refractivity contribution in [2.75, 3.05) is 7.05 Å². The van der Waals surface area contributed by atoms with Crippen LogP contribution in [0.2, 0.25) is 0 Å². The van der Waals surface area contributed by atoms with E-state index in [1.807, 2.05) is 60.7 Å². The fraction of sp³-hybridized carbons (Fsp3) is 0.344. The first-order chi connectivity index (χ1) is 20.6. The van der Waals surface area contributed by atoms with Gasteiger partial charge in [-0.25, -0.2) is 4.98 Å². The van der Waals surface area contributed by atoms with Crippen LogP contribution in [-0.4, -0.2) is 81.0 Å². The van der Waals surface area contributed by atoms with Gasteiger partial charge in [0, 0.05) is 19.7 Å². The number of amides is 4. The summed E-state index contributed by atoms with van der Waals surface area (Å²) in [5.74, 6) is -3.87. The van der Waals surface area contributed by atoms with Crippen LogP contribution in [0, 0.1) is 5.92 Å². The van der Waals surface area contributed by atoms with Gasteiger partial charge in [0.2, 0.25) is 17.7 Å². The predicted molar refractivity (Wildman–Crippen MR) is 159 cm³/mol.